The van der Waals surface area contributed by atoms with Crippen LogP contribution in [-0.2, 0) is 0 Å². The molecule has 2 rings (SSSR count). The third kappa shape index (κ3) is 3.20. The van der Waals surface area contributed by atoms with E-state index in [1.807, 2.05) is 18.2 Å². The second-order valence-corrected chi connectivity index (χ2v) is 6.10. The molecule has 0 spiro atoms. The van der Waals surface area contributed by atoms with Crippen LogP contribution in [0.2, 0.25) is 0 Å². The number of halogens is 2. The van der Waals surface area contributed by atoms with Crippen LogP contribution in [0.1, 0.15) is 0 Å². The van der Waals surface area contributed by atoms with Crippen molar-refractivity contribution in [1.29, 1.82) is 0 Å². The second-order valence-electron chi connectivity index (χ2n) is 3.34. The van der Waals surface area contributed by atoms with Crippen molar-refractivity contribution in [3.63, 3.8) is 0 Å². The zero-order valence-electron chi connectivity index (χ0n) is 8.49. The lowest BCUT2D eigenvalue weighted by Gasteiger charge is -2.06. The fourth-order valence-corrected chi connectivity index (χ4v) is 2.88. The Balaban J connectivity index is 2.16. The van der Waals surface area contributed by atoms with Gasteiger partial charge in [-0.3, -0.25) is 12.9 Å². The minimum atomic E-state index is -0.353. The lowest BCUT2D eigenvalue weighted by atomic mass is 10.3. The lowest BCUT2D eigenvalue weighted by Crippen LogP contribution is -2.06. The molecule has 4 heteroatoms. The number of hydrogen-bond donors (Lipinski definition) is 0. The molecule has 0 aliphatic heterocycles. The molecular weight excluding hydrogens is 283 g/mol. The number of benzene rings is 2. The summed E-state index contributed by atoms with van der Waals surface area (Å²) in [5.74, 6) is 1.18. The Morgan fingerprint density at radius 3 is 2.44 bits per heavy atom. The predicted octanol–water partition coefficient (Wildman–Crippen LogP) is 3.26. The van der Waals surface area contributed by atoms with Crippen molar-refractivity contribution >= 4 is 34.8 Å². The number of rotatable bonds is 3. The molecule has 1 nitrogen and oxygen atoms in total. The molecule has 0 amide bonds. The highest BCUT2D eigenvalue weighted by molar-refractivity contribution is 9.23. The van der Waals surface area contributed by atoms with Crippen molar-refractivity contribution in [1.82, 2.24) is 0 Å². The first-order chi connectivity index (χ1) is 7.78. The van der Waals surface area contributed by atoms with Gasteiger partial charge in [-0.2, -0.15) is 0 Å². The van der Waals surface area contributed by atoms with Crippen molar-refractivity contribution in [3.8, 4) is 11.5 Å². The van der Waals surface area contributed by atoms with E-state index >= 15 is 0 Å². The van der Waals surface area contributed by atoms with E-state index in [0.717, 1.165) is 5.75 Å². The largest absolute Gasteiger partial charge is 0.506 e. The molecule has 2 aromatic carbocycles. The molecule has 0 aliphatic carbocycles. The van der Waals surface area contributed by atoms with Crippen LogP contribution in [0.15, 0.2) is 48.5 Å². The van der Waals surface area contributed by atoms with Gasteiger partial charge in [-0.1, -0.05) is 12.1 Å². The van der Waals surface area contributed by atoms with Crippen LogP contribution < -0.4 is 8.43 Å². The molecule has 0 fully saturated rings. The van der Waals surface area contributed by atoms with Crippen LogP contribution in [0.5, 0.6) is 11.5 Å². The third-order valence-corrected chi connectivity index (χ3v) is 4.79. The molecule has 0 aromatic heterocycles. The molecule has 0 aliphatic rings. The SMILES string of the molecule is Fc1ccc(Oc2ccc[c]([Mg][Br])c2)cc1. The summed E-state index contributed by atoms with van der Waals surface area (Å²) in [6.45, 7) is 0. The molecule has 0 saturated heterocycles. The molecule has 2 aromatic rings. The predicted molar refractivity (Wildman–Crippen MR) is 67.2 cm³/mol. The Bertz CT molecular complexity index is 473. The van der Waals surface area contributed by atoms with Crippen molar-refractivity contribution in [2.45, 2.75) is 0 Å². The molecule has 0 unspecified atom stereocenters. The van der Waals surface area contributed by atoms with Crippen LogP contribution in [0.4, 0.5) is 4.39 Å². The van der Waals surface area contributed by atoms with Gasteiger partial charge in [0.25, 0.3) is 0 Å². The van der Waals surface area contributed by atoms with Gasteiger partial charge in [0.05, 0.1) is 0 Å². The summed E-state index contributed by atoms with van der Waals surface area (Å²) in [5.41, 5.74) is 0. The van der Waals surface area contributed by atoms with E-state index in [4.69, 9.17) is 4.74 Å². The standard InChI is InChI=1S/C12H8FO.BrH.Mg/c13-10-6-8-12(9-7-10)14-11-4-2-1-3-5-11;;/h1-2,4-9H;1H;/q;;+1/p-1. The molecule has 0 bridgehead atoms. The maximum Gasteiger partial charge on any atom is 0.506 e. The highest BCUT2D eigenvalue weighted by atomic mass is 79.9. The van der Waals surface area contributed by atoms with Gasteiger partial charge in [0.15, 0.2) is 0 Å². The van der Waals surface area contributed by atoms with Crippen LogP contribution in [-0.4, -0.2) is 18.2 Å². The first-order valence-electron chi connectivity index (χ1n) is 4.86. The molecular formula is C12H8BrFMgO. The molecule has 16 heavy (non-hydrogen) atoms. The van der Waals surface area contributed by atoms with Gasteiger partial charge < -0.3 is 4.74 Å². The zero-order chi connectivity index (χ0) is 11.4. The smallest absolute Gasteiger partial charge is 0.457 e. The van der Waals surface area contributed by atoms with E-state index < -0.39 is 0 Å². The summed E-state index contributed by atoms with van der Waals surface area (Å²) in [6, 6.07) is 13.9. The summed E-state index contributed by atoms with van der Waals surface area (Å²) in [4.78, 5) is 0. The van der Waals surface area contributed by atoms with Crippen molar-refractivity contribution < 1.29 is 9.13 Å². The summed E-state index contributed by atoms with van der Waals surface area (Å²) in [6.07, 6.45) is 0. The topological polar surface area (TPSA) is 9.23 Å². The van der Waals surface area contributed by atoms with Crippen molar-refractivity contribution in [3.05, 3.63) is 54.3 Å². The lowest BCUT2D eigenvalue weighted by molar-refractivity contribution is 0.481. The van der Waals surface area contributed by atoms with Crippen molar-refractivity contribution in [2.24, 2.45) is 0 Å². The number of hydrogen-bond acceptors (Lipinski definition) is 1. The van der Waals surface area contributed by atoms with E-state index in [0.29, 0.717) is 5.75 Å². The van der Waals surface area contributed by atoms with E-state index in [1.165, 1.54) is 15.8 Å². The summed E-state index contributed by atoms with van der Waals surface area (Å²) in [7, 11) is 0. The average Bonchev–Trinajstić information content (AvgIpc) is 2.32. The summed E-state index contributed by atoms with van der Waals surface area (Å²) in [5, 5.41) is 0. The minimum absolute atomic E-state index is 0.256. The van der Waals surface area contributed by atoms with Crippen LogP contribution in [0.25, 0.3) is 0 Å². The van der Waals surface area contributed by atoms with Crippen LogP contribution in [0.3, 0.4) is 0 Å². The Labute approximate surface area is 109 Å². The highest BCUT2D eigenvalue weighted by Crippen LogP contribution is 2.20. The number of ether oxygens (including phenoxy) is 1. The minimum Gasteiger partial charge on any atom is -0.457 e. The molecule has 0 radical (unpaired) electrons. The Morgan fingerprint density at radius 2 is 1.75 bits per heavy atom. The van der Waals surface area contributed by atoms with Gasteiger partial charge in [-0.15, -0.1) is 3.69 Å². The Hall–Kier alpha value is -0.584. The van der Waals surface area contributed by atoms with Gasteiger partial charge in [0.2, 0.25) is 0 Å². The fraction of sp³-hybridized carbons (Fsp3) is 0. The maximum absolute atomic E-state index is 12.7. The molecule has 0 saturated carbocycles. The first-order valence-corrected chi connectivity index (χ1v) is 9.47. The van der Waals surface area contributed by atoms with Gasteiger partial charge >= 0.3 is 18.2 Å². The quantitative estimate of drug-likeness (QED) is 0.789. The molecule has 0 heterocycles. The normalized spacial score (nSPS) is 9.62. The summed E-state index contributed by atoms with van der Waals surface area (Å²) >= 11 is 3.17. The fourth-order valence-electron chi connectivity index (χ4n) is 1.33. The van der Waals surface area contributed by atoms with Crippen LogP contribution in [0, 0.1) is 5.82 Å². The highest BCUT2D eigenvalue weighted by Gasteiger charge is 2.00. The van der Waals surface area contributed by atoms with E-state index in [-0.39, 0.29) is 24.0 Å². The van der Waals surface area contributed by atoms with Crippen molar-refractivity contribution in [2.75, 3.05) is 0 Å². The van der Waals surface area contributed by atoms with E-state index in [9.17, 15) is 4.39 Å². The maximum atomic E-state index is 12.7. The van der Waals surface area contributed by atoms with E-state index in [2.05, 4.69) is 19.0 Å². The third-order valence-electron chi connectivity index (χ3n) is 2.10. The second kappa shape index (κ2) is 5.66. The Kier molecular flexibility index (Phi) is 4.20. The first kappa shape index (κ1) is 11.9. The molecule has 0 atom stereocenters. The van der Waals surface area contributed by atoms with Gasteiger partial charge in [-0.05, 0) is 36.4 Å². The molecule has 0 N–H and O–H groups in total. The van der Waals surface area contributed by atoms with E-state index in [1.54, 1.807) is 12.1 Å². The average molecular weight is 291 g/mol. The summed E-state index contributed by atoms with van der Waals surface area (Å²) < 4.78 is 19.6. The monoisotopic (exact) mass is 290 g/mol. The van der Waals surface area contributed by atoms with Gasteiger partial charge in [-0.25, -0.2) is 4.39 Å². The zero-order valence-corrected chi connectivity index (χ0v) is 11.5. The van der Waals surface area contributed by atoms with Gasteiger partial charge in [0, 0.05) is 0 Å². The Morgan fingerprint density at radius 1 is 1.00 bits per heavy atom. The van der Waals surface area contributed by atoms with Crippen LogP contribution >= 0.6 is 12.9 Å². The van der Waals surface area contributed by atoms with Gasteiger partial charge in [0.1, 0.15) is 17.3 Å². The molecule has 78 valence electrons.